The van der Waals surface area contributed by atoms with E-state index in [1.54, 1.807) is 6.07 Å². The van der Waals surface area contributed by atoms with Gasteiger partial charge in [-0.25, -0.2) is 0 Å². The normalized spacial score (nSPS) is 17.9. The van der Waals surface area contributed by atoms with Crippen molar-refractivity contribution in [1.29, 1.82) is 0 Å². The van der Waals surface area contributed by atoms with Crippen molar-refractivity contribution in [3.63, 3.8) is 0 Å². The lowest BCUT2D eigenvalue weighted by Gasteiger charge is -2.41. The molecule has 3 rings (SSSR count). The van der Waals surface area contributed by atoms with Crippen LogP contribution in [0.15, 0.2) is 30.3 Å². The van der Waals surface area contributed by atoms with Crippen LogP contribution in [0.5, 0.6) is 5.75 Å². The number of hydrogen-bond acceptors (Lipinski definition) is 5. The van der Waals surface area contributed by atoms with Gasteiger partial charge in [-0.15, -0.1) is 0 Å². The van der Waals surface area contributed by atoms with Crippen LogP contribution in [-0.2, 0) is 6.54 Å². The molecule has 0 bridgehead atoms. The molecule has 1 aromatic carbocycles. The van der Waals surface area contributed by atoms with Crippen LogP contribution in [0.3, 0.4) is 0 Å². The number of aliphatic hydroxyl groups is 1. The van der Waals surface area contributed by atoms with Crippen molar-refractivity contribution in [1.82, 2.24) is 20.0 Å². The van der Waals surface area contributed by atoms with E-state index in [4.69, 9.17) is 4.74 Å². The highest BCUT2D eigenvalue weighted by Crippen LogP contribution is 2.23. The van der Waals surface area contributed by atoms with Gasteiger partial charge < -0.3 is 14.7 Å². The molecule has 1 aromatic heterocycles. The molecule has 146 valence electrons. The minimum atomic E-state index is -0.0587. The molecule has 0 saturated carbocycles. The number of nitrogens with one attached hydrogen (secondary N) is 1. The quantitative estimate of drug-likeness (QED) is 0.775. The van der Waals surface area contributed by atoms with Crippen LogP contribution < -0.4 is 4.74 Å². The number of ether oxygens (including phenoxy) is 1. The van der Waals surface area contributed by atoms with E-state index in [-0.39, 0.29) is 18.6 Å². The molecular formula is C20H28N4O3. The number of carbonyl (C=O) groups is 1. The zero-order valence-electron chi connectivity index (χ0n) is 16.0. The van der Waals surface area contributed by atoms with Crippen molar-refractivity contribution in [2.24, 2.45) is 0 Å². The summed E-state index contributed by atoms with van der Waals surface area (Å²) in [6, 6.07) is 9.92. The van der Waals surface area contributed by atoms with Crippen LogP contribution in [0.1, 0.15) is 35.1 Å². The molecule has 1 atom stereocenters. The molecule has 1 aliphatic heterocycles. The number of aromatic nitrogens is 2. The largest absolute Gasteiger partial charge is 0.494 e. The predicted molar refractivity (Wildman–Crippen MR) is 103 cm³/mol. The number of aromatic amines is 1. The van der Waals surface area contributed by atoms with Crippen molar-refractivity contribution < 1.29 is 14.6 Å². The molecular weight excluding hydrogens is 344 g/mol. The number of nitrogens with zero attached hydrogens (tertiary/aromatic N) is 3. The Morgan fingerprint density at radius 1 is 1.37 bits per heavy atom. The number of hydrogen-bond donors (Lipinski definition) is 2. The lowest BCUT2D eigenvalue weighted by molar-refractivity contribution is 0.0388. The van der Waals surface area contributed by atoms with E-state index in [9.17, 15) is 9.90 Å². The maximum atomic E-state index is 12.7. The Labute approximate surface area is 159 Å². The highest BCUT2D eigenvalue weighted by molar-refractivity contribution is 5.92. The number of piperazine rings is 1. The van der Waals surface area contributed by atoms with E-state index in [1.807, 2.05) is 36.9 Å². The second-order valence-electron chi connectivity index (χ2n) is 6.86. The molecule has 1 saturated heterocycles. The first kappa shape index (κ1) is 19.4. The van der Waals surface area contributed by atoms with Gasteiger partial charge in [-0.3, -0.25) is 14.8 Å². The second kappa shape index (κ2) is 9.01. The molecule has 2 aromatic rings. The Hall–Kier alpha value is -2.38. The molecule has 2 heterocycles. The molecule has 1 fully saturated rings. The van der Waals surface area contributed by atoms with E-state index in [2.05, 4.69) is 21.2 Å². The minimum Gasteiger partial charge on any atom is -0.494 e. The summed E-state index contributed by atoms with van der Waals surface area (Å²) < 4.78 is 5.74. The Bertz CT molecular complexity index is 761. The third kappa shape index (κ3) is 4.67. The number of aryl methyl sites for hydroxylation is 1. The van der Waals surface area contributed by atoms with Crippen LogP contribution in [0.2, 0.25) is 0 Å². The number of rotatable bonds is 7. The van der Waals surface area contributed by atoms with E-state index < -0.39 is 0 Å². The van der Waals surface area contributed by atoms with Gasteiger partial charge in [-0.05, 0) is 32.4 Å². The van der Waals surface area contributed by atoms with Gasteiger partial charge in [0.15, 0.2) is 0 Å². The fraction of sp³-hybridized carbons (Fsp3) is 0.500. The first-order valence-corrected chi connectivity index (χ1v) is 9.49. The van der Waals surface area contributed by atoms with Crippen LogP contribution in [0, 0.1) is 6.92 Å². The molecule has 7 heteroatoms. The minimum absolute atomic E-state index is 0.0587. The first-order chi connectivity index (χ1) is 13.1. The van der Waals surface area contributed by atoms with Gasteiger partial charge in [0.1, 0.15) is 11.4 Å². The number of amides is 1. The Morgan fingerprint density at radius 2 is 2.19 bits per heavy atom. The van der Waals surface area contributed by atoms with Gasteiger partial charge in [0, 0.05) is 50.1 Å². The fourth-order valence-electron chi connectivity index (χ4n) is 3.55. The zero-order valence-corrected chi connectivity index (χ0v) is 16.0. The van der Waals surface area contributed by atoms with Crippen LogP contribution in [0.25, 0.3) is 0 Å². The summed E-state index contributed by atoms with van der Waals surface area (Å²) in [4.78, 5) is 16.9. The molecule has 0 radical (unpaired) electrons. The van der Waals surface area contributed by atoms with Gasteiger partial charge in [0.25, 0.3) is 5.91 Å². The predicted octanol–water partition coefficient (Wildman–Crippen LogP) is 1.83. The smallest absolute Gasteiger partial charge is 0.274 e. The van der Waals surface area contributed by atoms with Crippen molar-refractivity contribution in [2.75, 3.05) is 32.8 Å². The average molecular weight is 372 g/mol. The van der Waals surface area contributed by atoms with Gasteiger partial charge in [0.2, 0.25) is 0 Å². The van der Waals surface area contributed by atoms with Gasteiger partial charge in [-0.2, -0.15) is 5.10 Å². The Balaban J connectivity index is 1.70. The van der Waals surface area contributed by atoms with E-state index in [0.717, 1.165) is 30.1 Å². The third-order valence-electron chi connectivity index (χ3n) is 4.93. The summed E-state index contributed by atoms with van der Waals surface area (Å²) in [7, 11) is 0. The average Bonchev–Trinajstić information content (AvgIpc) is 3.11. The van der Waals surface area contributed by atoms with Crippen LogP contribution in [-0.4, -0.2) is 69.9 Å². The number of para-hydroxylation sites is 1. The summed E-state index contributed by atoms with van der Waals surface area (Å²) in [5.41, 5.74) is 2.45. The summed E-state index contributed by atoms with van der Waals surface area (Å²) in [5, 5.41) is 16.4. The first-order valence-electron chi connectivity index (χ1n) is 9.49. The number of H-pyrrole nitrogens is 1. The van der Waals surface area contributed by atoms with Crippen molar-refractivity contribution in [3.05, 3.63) is 47.3 Å². The second-order valence-corrected chi connectivity index (χ2v) is 6.86. The highest BCUT2D eigenvalue weighted by Gasteiger charge is 2.30. The molecule has 2 N–H and O–H groups in total. The van der Waals surface area contributed by atoms with E-state index >= 15 is 0 Å². The van der Waals surface area contributed by atoms with Gasteiger partial charge in [-0.1, -0.05) is 18.2 Å². The molecule has 7 nitrogen and oxygen atoms in total. The molecule has 0 spiro atoms. The monoisotopic (exact) mass is 372 g/mol. The van der Waals surface area contributed by atoms with E-state index in [0.29, 0.717) is 31.8 Å². The van der Waals surface area contributed by atoms with E-state index in [1.165, 1.54) is 0 Å². The molecule has 1 amide bonds. The van der Waals surface area contributed by atoms with Crippen molar-refractivity contribution in [3.8, 4) is 5.75 Å². The van der Waals surface area contributed by atoms with Crippen LogP contribution >= 0.6 is 0 Å². The number of carbonyl (C=O) groups excluding carboxylic acids is 1. The topological polar surface area (TPSA) is 81.7 Å². The van der Waals surface area contributed by atoms with Gasteiger partial charge in [0.05, 0.1) is 6.61 Å². The van der Waals surface area contributed by atoms with Crippen molar-refractivity contribution in [2.45, 2.75) is 32.9 Å². The summed E-state index contributed by atoms with van der Waals surface area (Å²) in [6.45, 7) is 7.30. The molecule has 1 aliphatic rings. The standard InChI is InChI=1S/C20H28N4O3/c1-3-27-19-7-5-4-6-16(19)13-23-9-10-24(14-17(23)8-11-25)20(26)18-12-15(2)21-22-18/h4-7,12,17,25H,3,8-11,13-14H2,1-2H3,(H,21,22). The third-order valence-corrected chi connectivity index (χ3v) is 4.93. The molecule has 1 unspecified atom stereocenters. The highest BCUT2D eigenvalue weighted by atomic mass is 16.5. The Kier molecular flexibility index (Phi) is 6.47. The summed E-state index contributed by atoms with van der Waals surface area (Å²) >= 11 is 0. The van der Waals surface area contributed by atoms with Crippen molar-refractivity contribution >= 4 is 5.91 Å². The maximum absolute atomic E-state index is 12.7. The zero-order chi connectivity index (χ0) is 19.2. The van der Waals surface area contributed by atoms with Crippen LogP contribution in [0.4, 0.5) is 0 Å². The molecule has 27 heavy (non-hydrogen) atoms. The maximum Gasteiger partial charge on any atom is 0.274 e. The fourth-order valence-corrected chi connectivity index (χ4v) is 3.55. The number of benzene rings is 1. The molecule has 0 aliphatic carbocycles. The Morgan fingerprint density at radius 3 is 2.89 bits per heavy atom. The number of aliphatic hydroxyl groups excluding tert-OH is 1. The summed E-state index contributed by atoms with van der Waals surface area (Å²) in [5.74, 6) is 0.838. The summed E-state index contributed by atoms with van der Waals surface area (Å²) in [6.07, 6.45) is 0.625. The SMILES string of the molecule is CCOc1ccccc1CN1CCN(C(=O)c2cc(C)[nH]n2)CC1CCO. The van der Waals surface area contributed by atoms with Gasteiger partial charge >= 0.3 is 0 Å². The lowest BCUT2D eigenvalue weighted by atomic mass is 10.1. The lowest BCUT2D eigenvalue weighted by Crippen LogP contribution is -2.54.